The monoisotopic (exact) mass is 608 g/mol. The number of aromatic nitrogens is 3. The number of nitrogens with two attached hydrogens (primary N) is 1. The number of halogens is 1. The van der Waals surface area contributed by atoms with Crippen LogP contribution in [-0.4, -0.2) is 64.2 Å². The molecule has 0 radical (unpaired) electrons. The standard InChI is InChI=1S/C24H25ClN6O7S2/c1-11-15(19(23(35)36)31-18(11)16(12(2)32)21(31)34)14-10-30-22(39-14)17(28-24(30)25)20(33)13-5-3-7-29(9-13)8-4-6-27-40(26,37)38/h3,5,7,9-12,16,18,27,32H,4,6,8H2,1-2H3,(H2-,26,35,36,37,38)/t11-,12+,16+,18+/m0/s1. The predicted octanol–water partition coefficient (Wildman–Crippen LogP) is -0.931. The largest absolute Gasteiger partial charge is 0.543 e. The molecule has 0 aromatic carbocycles. The maximum Gasteiger partial charge on any atom is 0.274 e. The fraction of sp³-hybridized carbons (Fsp3) is 0.375. The summed E-state index contributed by atoms with van der Waals surface area (Å²) in [5.74, 6) is -3.55. The molecule has 5 rings (SSSR count). The van der Waals surface area contributed by atoms with E-state index in [2.05, 4.69) is 9.71 Å². The summed E-state index contributed by atoms with van der Waals surface area (Å²) in [5.41, 5.74) is 0.501. The van der Waals surface area contributed by atoms with Crippen molar-refractivity contribution in [2.45, 2.75) is 39.0 Å². The first-order chi connectivity index (χ1) is 18.8. The van der Waals surface area contributed by atoms with E-state index in [1.165, 1.54) is 16.2 Å². The molecule has 3 aromatic heterocycles. The summed E-state index contributed by atoms with van der Waals surface area (Å²) < 4.78 is 27.5. The van der Waals surface area contributed by atoms with Crippen LogP contribution < -0.4 is 19.5 Å². The van der Waals surface area contributed by atoms with Crippen molar-refractivity contribution in [1.29, 1.82) is 0 Å². The molecule has 5 heterocycles. The van der Waals surface area contributed by atoms with E-state index in [1.54, 1.807) is 42.2 Å². The van der Waals surface area contributed by atoms with E-state index < -0.39 is 51.9 Å². The zero-order valence-electron chi connectivity index (χ0n) is 21.3. The number of carboxylic acids is 1. The van der Waals surface area contributed by atoms with Crippen molar-refractivity contribution in [3.05, 3.63) is 57.8 Å². The van der Waals surface area contributed by atoms with Gasteiger partial charge in [0.1, 0.15) is 17.1 Å². The lowest BCUT2D eigenvalue weighted by atomic mass is 9.77. The maximum atomic E-state index is 13.5. The van der Waals surface area contributed by atoms with Gasteiger partial charge in [-0.1, -0.05) is 6.92 Å². The summed E-state index contributed by atoms with van der Waals surface area (Å²) in [4.78, 5) is 44.6. The Labute approximate surface area is 237 Å². The number of thiazole rings is 1. The highest BCUT2D eigenvalue weighted by atomic mass is 35.5. The topological polar surface area (TPSA) is 191 Å². The number of carbonyl (C=O) groups excluding carboxylic acids is 3. The number of aliphatic hydroxyl groups excluding tert-OH is 1. The number of fused-ring (bicyclic) bond motifs is 2. The van der Waals surface area contributed by atoms with Gasteiger partial charge in [-0.15, -0.1) is 11.3 Å². The molecule has 2 aliphatic rings. The molecule has 212 valence electrons. The average Bonchev–Trinajstić information content (AvgIpc) is 3.50. The van der Waals surface area contributed by atoms with Gasteiger partial charge in [0.05, 0.1) is 40.2 Å². The highest BCUT2D eigenvalue weighted by molar-refractivity contribution is 7.87. The molecule has 1 amide bonds. The molecule has 0 saturated carbocycles. The number of rotatable bonds is 10. The van der Waals surface area contributed by atoms with Crippen LogP contribution in [0.1, 0.15) is 41.2 Å². The smallest absolute Gasteiger partial charge is 0.274 e. The highest BCUT2D eigenvalue weighted by Crippen LogP contribution is 2.51. The summed E-state index contributed by atoms with van der Waals surface area (Å²) >= 11 is 7.49. The van der Waals surface area contributed by atoms with Gasteiger partial charge in [0.25, 0.3) is 10.2 Å². The van der Waals surface area contributed by atoms with E-state index in [0.717, 1.165) is 11.3 Å². The number of nitrogens with zero attached hydrogens (tertiary/aromatic N) is 4. The Morgan fingerprint density at radius 2 is 2.12 bits per heavy atom. The predicted molar refractivity (Wildman–Crippen MR) is 141 cm³/mol. The Hall–Kier alpha value is -3.21. The number of carbonyl (C=O) groups is 3. The van der Waals surface area contributed by atoms with Crippen molar-refractivity contribution in [2.24, 2.45) is 17.0 Å². The van der Waals surface area contributed by atoms with Crippen LogP contribution in [0.15, 0.2) is 36.4 Å². The number of ketones is 1. The van der Waals surface area contributed by atoms with E-state index in [0.29, 0.717) is 33.8 Å². The summed E-state index contributed by atoms with van der Waals surface area (Å²) in [6.07, 6.45) is 4.40. The van der Waals surface area contributed by atoms with Gasteiger partial charge in [0, 0.05) is 36.7 Å². The second kappa shape index (κ2) is 10.3. The van der Waals surface area contributed by atoms with Crippen molar-refractivity contribution in [3.8, 4) is 0 Å². The van der Waals surface area contributed by atoms with Crippen molar-refractivity contribution in [1.82, 2.24) is 19.0 Å². The van der Waals surface area contributed by atoms with Gasteiger partial charge in [-0.25, -0.2) is 19.4 Å². The second-order valence-corrected chi connectivity index (χ2v) is 12.5. The van der Waals surface area contributed by atoms with Gasteiger partial charge < -0.3 is 19.9 Å². The van der Waals surface area contributed by atoms with Gasteiger partial charge >= 0.3 is 0 Å². The molecular weight excluding hydrogens is 584 g/mol. The Bertz CT molecular complexity index is 1700. The molecule has 16 heteroatoms. The van der Waals surface area contributed by atoms with Crippen LogP contribution >= 0.6 is 22.9 Å². The molecule has 4 atom stereocenters. The minimum Gasteiger partial charge on any atom is -0.543 e. The van der Waals surface area contributed by atoms with Crippen molar-refractivity contribution < 1.29 is 37.6 Å². The van der Waals surface area contributed by atoms with Crippen LogP contribution in [0.5, 0.6) is 0 Å². The molecule has 1 fully saturated rings. The second-order valence-electron chi connectivity index (χ2n) is 9.76. The number of β-lactam (4-membered cyclic amide) rings is 1. The molecule has 0 spiro atoms. The van der Waals surface area contributed by atoms with Crippen LogP contribution in [0.2, 0.25) is 5.28 Å². The molecule has 2 aliphatic heterocycles. The van der Waals surface area contributed by atoms with Crippen LogP contribution in [0, 0.1) is 11.8 Å². The molecule has 0 bridgehead atoms. The zero-order valence-corrected chi connectivity index (χ0v) is 23.7. The molecule has 40 heavy (non-hydrogen) atoms. The molecule has 13 nitrogen and oxygen atoms in total. The van der Waals surface area contributed by atoms with Crippen LogP contribution in [0.25, 0.3) is 10.4 Å². The minimum absolute atomic E-state index is 0.00110. The number of aryl methyl sites for hydroxylation is 1. The summed E-state index contributed by atoms with van der Waals surface area (Å²) in [6, 6.07) is 2.76. The number of hydrogen-bond donors (Lipinski definition) is 3. The zero-order chi connectivity index (χ0) is 29.1. The Balaban J connectivity index is 1.46. The fourth-order valence-corrected chi connectivity index (χ4v) is 7.34. The Morgan fingerprint density at radius 1 is 1.40 bits per heavy atom. The number of imidazole rings is 1. The molecular formula is C24H25ClN6O7S2. The van der Waals surface area contributed by atoms with Crippen LogP contribution in [0.3, 0.4) is 0 Å². The third-order valence-electron chi connectivity index (χ3n) is 7.14. The number of amides is 1. The summed E-state index contributed by atoms with van der Waals surface area (Å²) in [7, 11) is -3.79. The number of aliphatic carboxylic acids is 1. The van der Waals surface area contributed by atoms with E-state index in [1.807, 2.05) is 0 Å². The molecule has 1 saturated heterocycles. The Morgan fingerprint density at radius 3 is 2.77 bits per heavy atom. The molecule has 0 aliphatic carbocycles. The lowest BCUT2D eigenvalue weighted by Gasteiger charge is -2.47. The van der Waals surface area contributed by atoms with Crippen LogP contribution in [0.4, 0.5) is 0 Å². The average molecular weight is 609 g/mol. The van der Waals surface area contributed by atoms with Crippen LogP contribution in [-0.2, 0) is 26.3 Å². The molecule has 4 N–H and O–H groups in total. The quantitative estimate of drug-likeness (QED) is 0.114. The lowest BCUT2D eigenvalue weighted by molar-refractivity contribution is -0.697. The number of hydrogen-bond acceptors (Lipinski definition) is 9. The van der Waals surface area contributed by atoms with E-state index >= 15 is 0 Å². The van der Waals surface area contributed by atoms with E-state index in [4.69, 9.17) is 16.7 Å². The van der Waals surface area contributed by atoms with Crippen molar-refractivity contribution in [2.75, 3.05) is 6.54 Å². The van der Waals surface area contributed by atoms with Gasteiger partial charge in [0.15, 0.2) is 12.4 Å². The van der Waals surface area contributed by atoms with Gasteiger partial charge in [0.2, 0.25) is 17.0 Å². The lowest BCUT2D eigenvalue weighted by Crippen LogP contribution is -2.64. The number of aliphatic hydroxyl groups is 1. The summed E-state index contributed by atoms with van der Waals surface area (Å²) in [5, 5.41) is 27.2. The first-order valence-electron chi connectivity index (χ1n) is 12.3. The third-order valence-corrected chi connectivity index (χ3v) is 9.14. The third kappa shape index (κ3) is 4.82. The summed E-state index contributed by atoms with van der Waals surface area (Å²) in [6.45, 7) is 3.82. The first kappa shape index (κ1) is 28.3. The van der Waals surface area contributed by atoms with Gasteiger partial charge in [-0.05, 0) is 24.6 Å². The number of pyridine rings is 1. The van der Waals surface area contributed by atoms with E-state index in [9.17, 15) is 33.0 Å². The van der Waals surface area contributed by atoms with Gasteiger partial charge in [-0.3, -0.25) is 14.0 Å². The van der Waals surface area contributed by atoms with Crippen molar-refractivity contribution >= 4 is 61.2 Å². The molecule has 3 aromatic rings. The normalized spacial score (nSPS) is 21.6. The first-order valence-corrected chi connectivity index (χ1v) is 15.0. The minimum atomic E-state index is -3.79. The molecule has 0 unspecified atom stereocenters. The number of carboxylic acid groups (broad SMARTS) is 1. The SMILES string of the molecule is C[C@@H](O)[C@H]1C(=O)N2C(C(=O)[O-])=C(c3cn4c(Cl)nc(C(=O)c5ccc[n+](CCCNS(N)(=O)=O)c5)c4s3)[C@H](C)[C@H]12. The highest BCUT2D eigenvalue weighted by Gasteiger charge is 2.59. The van der Waals surface area contributed by atoms with E-state index in [-0.39, 0.29) is 23.2 Å². The van der Waals surface area contributed by atoms with Crippen molar-refractivity contribution in [3.63, 3.8) is 0 Å². The maximum absolute atomic E-state index is 13.5. The van der Waals surface area contributed by atoms with Gasteiger partial charge in [-0.2, -0.15) is 8.42 Å². The number of nitrogens with one attached hydrogen (secondary N) is 1. The Kier molecular flexibility index (Phi) is 7.31. The fourth-order valence-electron chi connectivity index (χ4n) is 5.41.